The number of ether oxygens (including phenoxy) is 3. The Morgan fingerprint density at radius 1 is 1.29 bits per heavy atom. The van der Waals surface area contributed by atoms with Gasteiger partial charge in [0, 0.05) is 33.3 Å². The molecule has 0 bridgehead atoms. The van der Waals surface area contributed by atoms with Crippen molar-refractivity contribution in [3.05, 3.63) is 29.8 Å². The third-order valence-corrected chi connectivity index (χ3v) is 5.59. The second-order valence-electron chi connectivity index (χ2n) is 7.60. The predicted molar refractivity (Wildman–Crippen MR) is 107 cm³/mol. The first-order chi connectivity index (χ1) is 13.7. The minimum atomic E-state index is -0.424. The Morgan fingerprint density at radius 3 is 2.82 bits per heavy atom. The molecule has 2 N–H and O–H groups in total. The summed E-state index contributed by atoms with van der Waals surface area (Å²) in [6.45, 7) is 7.75. The highest BCUT2D eigenvalue weighted by atomic mass is 16.5. The Morgan fingerprint density at radius 2 is 2.07 bits per heavy atom. The lowest BCUT2D eigenvalue weighted by Gasteiger charge is -2.35. The molecule has 28 heavy (non-hydrogen) atoms. The van der Waals surface area contributed by atoms with Crippen LogP contribution in [0.5, 0.6) is 5.75 Å². The largest absolute Gasteiger partial charge is 0.492 e. The van der Waals surface area contributed by atoms with Crippen LogP contribution in [0.1, 0.15) is 18.4 Å². The molecule has 1 aromatic rings. The van der Waals surface area contributed by atoms with Crippen LogP contribution in [-0.2, 0) is 20.8 Å². The van der Waals surface area contributed by atoms with Crippen LogP contribution in [0.4, 0.5) is 0 Å². The predicted octanol–water partition coefficient (Wildman–Crippen LogP) is 1.03. The summed E-state index contributed by atoms with van der Waals surface area (Å²) in [5.41, 5.74) is 0.616. The number of morpholine rings is 1. The molecule has 0 radical (unpaired) electrons. The van der Waals surface area contributed by atoms with Gasteiger partial charge in [0.25, 0.3) is 0 Å². The van der Waals surface area contributed by atoms with E-state index in [1.807, 2.05) is 24.3 Å². The standard InChI is InChI=1S/C21H33N3O4/c1-26-17-21(5-7-22-8-6-21)20(25)23-16-18-3-2-4-19(15-18)28-14-11-24-9-12-27-13-10-24/h2-4,15,22H,5-14,16-17H2,1H3,(H,23,25). The number of amides is 1. The van der Waals surface area contributed by atoms with Gasteiger partial charge in [0.2, 0.25) is 5.91 Å². The van der Waals surface area contributed by atoms with E-state index in [1.165, 1.54) is 0 Å². The fourth-order valence-electron chi connectivity index (χ4n) is 3.85. The topological polar surface area (TPSA) is 72.1 Å². The van der Waals surface area contributed by atoms with E-state index in [-0.39, 0.29) is 5.91 Å². The number of hydrogen-bond donors (Lipinski definition) is 2. The van der Waals surface area contributed by atoms with Gasteiger partial charge in [0.15, 0.2) is 0 Å². The van der Waals surface area contributed by atoms with E-state index in [4.69, 9.17) is 14.2 Å². The molecule has 1 amide bonds. The van der Waals surface area contributed by atoms with Gasteiger partial charge in [0.05, 0.1) is 25.2 Å². The third-order valence-electron chi connectivity index (χ3n) is 5.59. The Balaban J connectivity index is 1.47. The summed E-state index contributed by atoms with van der Waals surface area (Å²) >= 11 is 0. The van der Waals surface area contributed by atoms with Crippen molar-refractivity contribution in [1.82, 2.24) is 15.5 Å². The van der Waals surface area contributed by atoms with E-state index in [9.17, 15) is 4.79 Å². The molecule has 1 aromatic carbocycles. The van der Waals surface area contributed by atoms with Gasteiger partial charge in [-0.3, -0.25) is 9.69 Å². The monoisotopic (exact) mass is 391 g/mol. The first-order valence-electron chi connectivity index (χ1n) is 10.2. The Labute approximate surface area is 167 Å². The van der Waals surface area contributed by atoms with Gasteiger partial charge >= 0.3 is 0 Å². The highest BCUT2D eigenvalue weighted by Crippen LogP contribution is 2.29. The van der Waals surface area contributed by atoms with Crippen molar-refractivity contribution in [3.63, 3.8) is 0 Å². The third kappa shape index (κ3) is 5.91. The lowest BCUT2D eigenvalue weighted by atomic mass is 9.78. The molecule has 2 heterocycles. The van der Waals surface area contributed by atoms with Crippen molar-refractivity contribution in [2.75, 3.05) is 66.3 Å². The number of nitrogens with one attached hydrogen (secondary N) is 2. The molecular formula is C21H33N3O4. The van der Waals surface area contributed by atoms with Crippen molar-refractivity contribution >= 4 is 5.91 Å². The SMILES string of the molecule is COCC1(C(=O)NCc2cccc(OCCN3CCOCC3)c2)CCNCC1. The molecule has 0 saturated carbocycles. The molecule has 2 aliphatic rings. The average molecular weight is 392 g/mol. The van der Waals surface area contributed by atoms with Crippen LogP contribution in [0.2, 0.25) is 0 Å². The number of hydrogen-bond acceptors (Lipinski definition) is 6. The van der Waals surface area contributed by atoms with Crippen molar-refractivity contribution in [3.8, 4) is 5.75 Å². The maximum absolute atomic E-state index is 12.8. The summed E-state index contributed by atoms with van der Waals surface area (Å²) in [7, 11) is 1.66. The molecule has 2 saturated heterocycles. The quantitative estimate of drug-likeness (QED) is 0.655. The van der Waals surface area contributed by atoms with E-state index >= 15 is 0 Å². The lowest BCUT2D eigenvalue weighted by Crippen LogP contribution is -2.49. The number of benzene rings is 1. The van der Waals surface area contributed by atoms with E-state index < -0.39 is 5.41 Å². The van der Waals surface area contributed by atoms with Gasteiger partial charge in [0.1, 0.15) is 12.4 Å². The zero-order valence-corrected chi connectivity index (χ0v) is 16.9. The molecule has 7 nitrogen and oxygen atoms in total. The first kappa shape index (κ1) is 21.0. The molecule has 7 heteroatoms. The summed E-state index contributed by atoms with van der Waals surface area (Å²) in [6, 6.07) is 7.95. The second kappa shape index (κ2) is 10.8. The van der Waals surface area contributed by atoms with Crippen molar-refractivity contribution in [2.45, 2.75) is 19.4 Å². The Bertz CT molecular complexity index is 608. The molecule has 0 unspecified atom stereocenters. The van der Waals surface area contributed by atoms with Gasteiger partial charge < -0.3 is 24.8 Å². The van der Waals surface area contributed by atoms with E-state index in [1.54, 1.807) is 7.11 Å². The van der Waals surface area contributed by atoms with Crippen molar-refractivity contribution in [1.29, 1.82) is 0 Å². The molecule has 156 valence electrons. The maximum Gasteiger partial charge on any atom is 0.228 e. The summed E-state index contributed by atoms with van der Waals surface area (Å²) in [6.07, 6.45) is 1.61. The normalized spacial score (nSPS) is 19.9. The molecule has 3 rings (SSSR count). The zero-order valence-electron chi connectivity index (χ0n) is 16.9. The number of methoxy groups -OCH3 is 1. The zero-order chi connectivity index (χ0) is 19.7. The Hall–Kier alpha value is -1.67. The van der Waals surface area contributed by atoms with Crippen LogP contribution < -0.4 is 15.4 Å². The molecule has 0 aliphatic carbocycles. The molecule has 0 aromatic heterocycles. The van der Waals surface area contributed by atoms with Gasteiger partial charge in [-0.25, -0.2) is 0 Å². The number of carbonyl (C=O) groups is 1. The summed E-state index contributed by atoms with van der Waals surface area (Å²) < 4.78 is 16.6. The van der Waals surface area contributed by atoms with E-state index in [0.29, 0.717) is 19.8 Å². The maximum atomic E-state index is 12.8. The van der Waals surface area contributed by atoms with Gasteiger partial charge in [-0.2, -0.15) is 0 Å². The van der Waals surface area contributed by atoms with Gasteiger partial charge in [-0.05, 0) is 43.6 Å². The number of carbonyl (C=O) groups excluding carboxylic acids is 1. The van der Waals surface area contributed by atoms with E-state index in [2.05, 4.69) is 15.5 Å². The summed E-state index contributed by atoms with van der Waals surface area (Å²) in [5, 5.41) is 6.42. The van der Waals surface area contributed by atoms with Crippen LogP contribution >= 0.6 is 0 Å². The smallest absolute Gasteiger partial charge is 0.228 e. The number of nitrogens with zero attached hydrogens (tertiary/aromatic N) is 1. The highest BCUT2D eigenvalue weighted by Gasteiger charge is 2.39. The first-order valence-corrected chi connectivity index (χ1v) is 10.2. The van der Waals surface area contributed by atoms with Crippen LogP contribution in [0.15, 0.2) is 24.3 Å². The van der Waals surface area contributed by atoms with Gasteiger partial charge in [-0.1, -0.05) is 12.1 Å². The van der Waals surface area contributed by atoms with Crippen molar-refractivity contribution < 1.29 is 19.0 Å². The summed E-state index contributed by atoms with van der Waals surface area (Å²) in [4.78, 5) is 15.2. The highest BCUT2D eigenvalue weighted by molar-refractivity contribution is 5.83. The van der Waals surface area contributed by atoms with Crippen molar-refractivity contribution in [2.24, 2.45) is 5.41 Å². The number of rotatable bonds is 9. The minimum Gasteiger partial charge on any atom is -0.492 e. The minimum absolute atomic E-state index is 0.0782. The fourth-order valence-corrected chi connectivity index (χ4v) is 3.85. The van der Waals surface area contributed by atoms with Gasteiger partial charge in [-0.15, -0.1) is 0 Å². The van der Waals surface area contributed by atoms with Crippen LogP contribution in [-0.4, -0.2) is 77.1 Å². The Kier molecular flexibility index (Phi) is 8.09. The molecular weight excluding hydrogens is 358 g/mol. The van der Waals surface area contributed by atoms with E-state index in [0.717, 1.165) is 70.1 Å². The van der Waals surface area contributed by atoms with Crippen LogP contribution in [0.25, 0.3) is 0 Å². The molecule has 2 aliphatic heterocycles. The summed E-state index contributed by atoms with van der Waals surface area (Å²) in [5.74, 6) is 0.919. The lowest BCUT2D eigenvalue weighted by molar-refractivity contribution is -0.136. The van der Waals surface area contributed by atoms with Crippen LogP contribution in [0.3, 0.4) is 0 Å². The number of piperidine rings is 1. The average Bonchev–Trinajstić information content (AvgIpc) is 2.74. The molecule has 0 atom stereocenters. The molecule has 2 fully saturated rings. The fraction of sp³-hybridized carbons (Fsp3) is 0.667. The van der Waals surface area contributed by atoms with Crippen LogP contribution in [0, 0.1) is 5.41 Å². The second-order valence-corrected chi connectivity index (χ2v) is 7.60. The molecule has 0 spiro atoms.